The van der Waals surface area contributed by atoms with Gasteiger partial charge in [-0.1, -0.05) is 30.3 Å². The second-order valence-corrected chi connectivity index (χ2v) is 6.89. The molecule has 0 aliphatic carbocycles. The van der Waals surface area contributed by atoms with Crippen molar-refractivity contribution in [1.82, 2.24) is 29.9 Å². The Kier molecular flexibility index (Phi) is 3.37. The van der Waals surface area contributed by atoms with Crippen molar-refractivity contribution in [2.24, 2.45) is 0 Å². The van der Waals surface area contributed by atoms with Crippen molar-refractivity contribution in [3.05, 3.63) is 79.5 Å². The summed E-state index contributed by atoms with van der Waals surface area (Å²) in [4.78, 5) is 25.2. The Morgan fingerprint density at radius 3 is 2.55 bits per heavy atom. The molecule has 6 aromatic rings. The molecule has 0 amide bonds. The lowest BCUT2D eigenvalue weighted by Gasteiger charge is -2.06. The van der Waals surface area contributed by atoms with E-state index in [1.165, 1.54) is 11.7 Å². The van der Waals surface area contributed by atoms with Crippen LogP contribution < -0.4 is 0 Å². The molecule has 0 aliphatic rings. The van der Waals surface area contributed by atoms with E-state index in [9.17, 15) is 0 Å². The van der Waals surface area contributed by atoms with Gasteiger partial charge in [-0.2, -0.15) is 0 Å². The van der Waals surface area contributed by atoms with Crippen LogP contribution in [0.1, 0.15) is 0 Å². The number of aromatic nitrogens is 6. The highest BCUT2D eigenvalue weighted by Crippen LogP contribution is 2.27. The second kappa shape index (κ2) is 6.17. The molecule has 0 fully saturated rings. The van der Waals surface area contributed by atoms with E-state index in [1.807, 2.05) is 30.6 Å². The normalized spacial score (nSPS) is 11.4. The summed E-state index contributed by atoms with van der Waals surface area (Å²) in [6, 6.07) is 18.6. The molecule has 0 bridgehead atoms. The van der Waals surface area contributed by atoms with Gasteiger partial charge in [-0.3, -0.25) is 4.98 Å². The van der Waals surface area contributed by atoms with E-state index >= 15 is 0 Å². The molecular weight excluding hydrogens is 360 g/mol. The van der Waals surface area contributed by atoms with Crippen molar-refractivity contribution in [2.75, 3.05) is 0 Å². The highest BCUT2D eigenvalue weighted by Gasteiger charge is 2.09. The third kappa shape index (κ3) is 2.70. The summed E-state index contributed by atoms with van der Waals surface area (Å²) in [5.41, 5.74) is 5.34. The number of rotatable bonds is 2. The van der Waals surface area contributed by atoms with Gasteiger partial charge < -0.3 is 4.98 Å². The molecule has 0 atom stereocenters. The summed E-state index contributed by atoms with van der Waals surface area (Å²) in [5.74, 6) is 0.756. The first-order valence-corrected chi connectivity index (χ1v) is 9.25. The van der Waals surface area contributed by atoms with E-state index in [0.717, 1.165) is 44.5 Å². The third-order valence-electron chi connectivity index (χ3n) is 5.06. The zero-order valence-corrected chi connectivity index (χ0v) is 15.2. The standard InChI is InChI=1S/C23H14N6/c1-3-16(9-18-11-24-8-7-14(1)18)19-6-5-15-2-4-17(10-20(15)27-19)22-28-21-12-25-13-26-23(21)29-22/h1-13H,(H,25,26,28,29). The highest BCUT2D eigenvalue weighted by molar-refractivity contribution is 5.89. The van der Waals surface area contributed by atoms with Crippen LogP contribution in [0.4, 0.5) is 0 Å². The van der Waals surface area contributed by atoms with Crippen molar-refractivity contribution in [3.63, 3.8) is 0 Å². The Bertz CT molecular complexity index is 1490. The maximum Gasteiger partial charge on any atom is 0.181 e. The molecular formula is C23H14N6. The number of nitrogens with zero attached hydrogens (tertiary/aromatic N) is 5. The third-order valence-corrected chi connectivity index (χ3v) is 5.06. The first-order chi connectivity index (χ1) is 14.3. The number of nitrogens with one attached hydrogen (secondary N) is 1. The Balaban J connectivity index is 1.47. The zero-order valence-electron chi connectivity index (χ0n) is 15.2. The molecule has 0 unspecified atom stereocenters. The van der Waals surface area contributed by atoms with Crippen LogP contribution in [0.2, 0.25) is 0 Å². The number of benzene rings is 2. The lowest BCUT2D eigenvalue weighted by Crippen LogP contribution is -1.88. The lowest BCUT2D eigenvalue weighted by atomic mass is 10.0. The predicted octanol–water partition coefficient (Wildman–Crippen LogP) is 4.78. The average Bonchev–Trinajstić information content (AvgIpc) is 3.22. The summed E-state index contributed by atoms with van der Waals surface area (Å²) in [6.07, 6.45) is 6.91. The molecule has 2 aromatic carbocycles. The fourth-order valence-corrected chi connectivity index (χ4v) is 3.57. The Labute approximate surface area is 165 Å². The molecule has 6 rings (SSSR count). The fourth-order valence-electron chi connectivity index (χ4n) is 3.57. The maximum atomic E-state index is 4.90. The first kappa shape index (κ1) is 15.8. The molecule has 1 N–H and O–H groups in total. The molecule has 136 valence electrons. The molecule has 6 nitrogen and oxygen atoms in total. The number of aromatic amines is 1. The number of pyridine rings is 2. The number of hydrogen-bond donors (Lipinski definition) is 1. The number of fused-ring (bicyclic) bond motifs is 3. The summed E-state index contributed by atoms with van der Waals surface area (Å²) >= 11 is 0. The van der Waals surface area contributed by atoms with Gasteiger partial charge in [0.2, 0.25) is 0 Å². The van der Waals surface area contributed by atoms with Crippen LogP contribution in [-0.4, -0.2) is 29.9 Å². The van der Waals surface area contributed by atoms with Gasteiger partial charge in [0.1, 0.15) is 17.7 Å². The van der Waals surface area contributed by atoms with Gasteiger partial charge in [0.15, 0.2) is 5.65 Å². The van der Waals surface area contributed by atoms with Gasteiger partial charge in [-0.25, -0.2) is 19.9 Å². The summed E-state index contributed by atoms with van der Waals surface area (Å²) in [7, 11) is 0. The zero-order chi connectivity index (χ0) is 19.2. The molecule has 0 spiro atoms. The van der Waals surface area contributed by atoms with E-state index in [4.69, 9.17) is 4.98 Å². The SMILES string of the molecule is c1cc2ccc(-c3ccc4ccc(-c5nc6ncncc6[nH]5)cc4n3)cc2cn1. The van der Waals surface area contributed by atoms with Gasteiger partial charge in [-0.05, 0) is 29.7 Å². The van der Waals surface area contributed by atoms with E-state index in [0.29, 0.717) is 5.65 Å². The van der Waals surface area contributed by atoms with Gasteiger partial charge in [0.25, 0.3) is 0 Å². The lowest BCUT2D eigenvalue weighted by molar-refractivity contribution is 1.20. The van der Waals surface area contributed by atoms with E-state index in [1.54, 1.807) is 6.20 Å². The van der Waals surface area contributed by atoms with Crippen molar-refractivity contribution in [3.8, 4) is 22.6 Å². The Morgan fingerprint density at radius 1 is 0.690 bits per heavy atom. The summed E-state index contributed by atoms with van der Waals surface area (Å²) in [6.45, 7) is 0. The molecule has 0 saturated carbocycles. The predicted molar refractivity (Wildman–Crippen MR) is 113 cm³/mol. The fraction of sp³-hybridized carbons (Fsp3) is 0. The van der Waals surface area contributed by atoms with Gasteiger partial charge in [0, 0.05) is 34.3 Å². The monoisotopic (exact) mass is 374 g/mol. The minimum absolute atomic E-state index is 0.654. The second-order valence-electron chi connectivity index (χ2n) is 6.89. The van der Waals surface area contributed by atoms with E-state index in [-0.39, 0.29) is 0 Å². The van der Waals surface area contributed by atoms with Crippen LogP contribution in [0.15, 0.2) is 79.5 Å². The molecule has 4 heterocycles. The van der Waals surface area contributed by atoms with Crippen LogP contribution in [0, 0.1) is 0 Å². The minimum Gasteiger partial charge on any atom is -0.335 e. The summed E-state index contributed by atoms with van der Waals surface area (Å²) in [5, 5.41) is 3.35. The smallest absolute Gasteiger partial charge is 0.181 e. The molecule has 0 radical (unpaired) electrons. The maximum absolute atomic E-state index is 4.90. The van der Waals surface area contributed by atoms with E-state index in [2.05, 4.69) is 61.3 Å². The van der Waals surface area contributed by atoms with Crippen LogP contribution in [-0.2, 0) is 0 Å². The molecule has 0 saturated heterocycles. The van der Waals surface area contributed by atoms with Crippen LogP contribution in [0.5, 0.6) is 0 Å². The molecule has 0 aliphatic heterocycles. The molecule has 29 heavy (non-hydrogen) atoms. The Morgan fingerprint density at radius 2 is 1.59 bits per heavy atom. The van der Waals surface area contributed by atoms with Gasteiger partial charge in [0.05, 0.1) is 17.4 Å². The van der Waals surface area contributed by atoms with Crippen LogP contribution in [0.25, 0.3) is 55.5 Å². The number of H-pyrrole nitrogens is 1. The molecule has 6 heteroatoms. The number of hydrogen-bond acceptors (Lipinski definition) is 5. The molecule has 4 aromatic heterocycles. The average molecular weight is 374 g/mol. The topological polar surface area (TPSA) is 80.2 Å². The Hall–Kier alpha value is -4.19. The minimum atomic E-state index is 0.654. The van der Waals surface area contributed by atoms with Gasteiger partial charge in [-0.15, -0.1) is 0 Å². The highest BCUT2D eigenvalue weighted by atomic mass is 15.0. The summed E-state index contributed by atoms with van der Waals surface area (Å²) < 4.78 is 0. The van der Waals surface area contributed by atoms with Crippen molar-refractivity contribution in [1.29, 1.82) is 0 Å². The van der Waals surface area contributed by atoms with Crippen molar-refractivity contribution < 1.29 is 0 Å². The van der Waals surface area contributed by atoms with Crippen molar-refractivity contribution >= 4 is 32.8 Å². The largest absolute Gasteiger partial charge is 0.335 e. The van der Waals surface area contributed by atoms with E-state index < -0.39 is 0 Å². The quantitative estimate of drug-likeness (QED) is 0.472. The van der Waals surface area contributed by atoms with Crippen LogP contribution >= 0.6 is 0 Å². The van der Waals surface area contributed by atoms with Crippen LogP contribution in [0.3, 0.4) is 0 Å². The van der Waals surface area contributed by atoms with Gasteiger partial charge >= 0.3 is 0 Å². The number of imidazole rings is 1. The first-order valence-electron chi connectivity index (χ1n) is 9.25. The van der Waals surface area contributed by atoms with Crippen molar-refractivity contribution in [2.45, 2.75) is 0 Å².